The largest absolute Gasteiger partial charge is 0.493 e. The summed E-state index contributed by atoms with van der Waals surface area (Å²) in [7, 11) is 0. The van der Waals surface area contributed by atoms with E-state index in [1.54, 1.807) is 0 Å². The molecule has 3 heteroatoms. The second-order valence-electron chi connectivity index (χ2n) is 3.62. The van der Waals surface area contributed by atoms with E-state index in [0.717, 1.165) is 29.9 Å². The first-order valence-electron chi connectivity index (χ1n) is 5.81. The van der Waals surface area contributed by atoms with Crippen LogP contribution in [-0.2, 0) is 6.61 Å². The van der Waals surface area contributed by atoms with Gasteiger partial charge in [-0.1, -0.05) is 13.8 Å². The molecule has 1 rings (SSSR count). The monoisotopic (exact) mass is 224 g/mol. The maximum Gasteiger partial charge on any atom is 0.128 e. The Labute approximate surface area is 97.0 Å². The first kappa shape index (κ1) is 12.8. The van der Waals surface area contributed by atoms with Crippen molar-refractivity contribution in [2.45, 2.75) is 33.3 Å². The summed E-state index contributed by atoms with van der Waals surface area (Å²) in [5.41, 5.74) is 0.803. The van der Waals surface area contributed by atoms with E-state index in [4.69, 9.17) is 14.6 Å². The van der Waals surface area contributed by atoms with Crippen molar-refractivity contribution in [2.24, 2.45) is 0 Å². The third-order valence-corrected chi connectivity index (χ3v) is 2.14. The van der Waals surface area contributed by atoms with Gasteiger partial charge in [0.25, 0.3) is 0 Å². The molecule has 90 valence electrons. The van der Waals surface area contributed by atoms with E-state index in [2.05, 4.69) is 13.8 Å². The van der Waals surface area contributed by atoms with Crippen molar-refractivity contribution >= 4 is 0 Å². The highest BCUT2D eigenvalue weighted by atomic mass is 16.5. The van der Waals surface area contributed by atoms with Gasteiger partial charge in [0, 0.05) is 11.6 Å². The number of benzene rings is 1. The Morgan fingerprint density at radius 1 is 1.06 bits per heavy atom. The standard InChI is InChI=1S/C13H20O3/c1-3-7-15-12-6-5-11(10-14)13(9-12)16-8-4-2/h5-6,9,14H,3-4,7-8,10H2,1-2H3. The van der Waals surface area contributed by atoms with Crippen LogP contribution in [0, 0.1) is 0 Å². The molecule has 0 bridgehead atoms. The number of aliphatic hydroxyl groups is 1. The van der Waals surface area contributed by atoms with E-state index in [0.29, 0.717) is 13.2 Å². The van der Waals surface area contributed by atoms with Crippen LogP contribution >= 0.6 is 0 Å². The Balaban J connectivity index is 2.74. The van der Waals surface area contributed by atoms with Gasteiger partial charge in [-0.2, -0.15) is 0 Å². The Morgan fingerprint density at radius 2 is 1.75 bits per heavy atom. The molecule has 0 aliphatic carbocycles. The molecule has 0 atom stereocenters. The maximum atomic E-state index is 9.16. The smallest absolute Gasteiger partial charge is 0.128 e. The molecule has 1 N–H and O–H groups in total. The van der Waals surface area contributed by atoms with Crippen LogP contribution in [0.25, 0.3) is 0 Å². The molecule has 0 aromatic heterocycles. The van der Waals surface area contributed by atoms with E-state index >= 15 is 0 Å². The Hall–Kier alpha value is -1.22. The fourth-order valence-electron chi connectivity index (χ4n) is 1.32. The molecule has 0 unspecified atom stereocenters. The molecule has 0 heterocycles. The lowest BCUT2D eigenvalue weighted by Gasteiger charge is -2.12. The van der Waals surface area contributed by atoms with Crippen LogP contribution < -0.4 is 9.47 Å². The zero-order valence-electron chi connectivity index (χ0n) is 10.0. The molecular weight excluding hydrogens is 204 g/mol. The normalized spacial score (nSPS) is 10.2. The van der Waals surface area contributed by atoms with E-state index in [-0.39, 0.29) is 6.61 Å². The SMILES string of the molecule is CCCOc1ccc(CO)c(OCCC)c1. The minimum Gasteiger partial charge on any atom is -0.493 e. The van der Waals surface area contributed by atoms with Crippen molar-refractivity contribution in [3.8, 4) is 11.5 Å². The molecule has 0 amide bonds. The van der Waals surface area contributed by atoms with Crippen molar-refractivity contribution in [1.82, 2.24) is 0 Å². The van der Waals surface area contributed by atoms with Crippen molar-refractivity contribution in [2.75, 3.05) is 13.2 Å². The van der Waals surface area contributed by atoms with E-state index in [1.807, 2.05) is 18.2 Å². The average Bonchev–Trinajstić information content (AvgIpc) is 2.33. The Kier molecular flexibility index (Phi) is 5.72. The number of rotatable bonds is 7. The molecule has 1 aromatic rings. The summed E-state index contributed by atoms with van der Waals surface area (Å²) in [6.07, 6.45) is 1.93. The van der Waals surface area contributed by atoms with Crippen LogP contribution in [-0.4, -0.2) is 18.3 Å². The van der Waals surface area contributed by atoms with Crippen LogP contribution in [0.15, 0.2) is 18.2 Å². The van der Waals surface area contributed by atoms with Gasteiger partial charge in [0.15, 0.2) is 0 Å². The van der Waals surface area contributed by atoms with Gasteiger partial charge in [-0.05, 0) is 25.0 Å². The Bertz CT molecular complexity index is 310. The summed E-state index contributed by atoms with van der Waals surface area (Å²) in [5, 5.41) is 9.16. The molecular formula is C13H20O3. The lowest BCUT2D eigenvalue weighted by atomic mass is 10.2. The first-order valence-corrected chi connectivity index (χ1v) is 5.81. The van der Waals surface area contributed by atoms with Gasteiger partial charge in [-0.15, -0.1) is 0 Å². The van der Waals surface area contributed by atoms with Crippen LogP contribution in [0.1, 0.15) is 32.3 Å². The van der Waals surface area contributed by atoms with Crippen molar-refractivity contribution < 1.29 is 14.6 Å². The molecule has 0 aliphatic heterocycles. The van der Waals surface area contributed by atoms with E-state index in [9.17, 15) is 0 Å². The molecule has 16 heavy (non-hydrogen) atoms. The highest BCUT2D eigenvalue weighted by Gasteiger charge is 2.04. The molecule has 0 saturated carbocycles. The molecule has 0 radical (unpaired) electrons. The first-order chi connectivity index (χ1) is 7.81. The zero-order chi connectivity index (χ0) is 11.8. The fourth-order valence-corrected chi connectivity index (χ4v) is 1.32. The highest BCUT2D eigenvalue weighted by Crippen LogP contribution is 2.25. The third kappa shape index (κ3) is 3.74. The van der Waals surface area contributed by atoms with Gasteiger partial charge in [-0.25, -0.2) is 0 Å². The molecule has 1 aromatic carbocycles. The van der Waals surface area contributed by atoms with Gasteiger partial charge in [0.05, 0.1) is 19.8 Å². The predicted octanol–water partition coefficient (Wildman–Crippen LogP) is 2.76. The van der Waals surface area contributed by atoms with Crippen LogP contribution in [0.2, 0.25) is 0 Å². The summed E-state index contributed by atoms with van der Waals surface area (Å²) < 4.78 is 11.1. The second kappa shape index (κ2) is 7.12. The number of ether oxygens (including phenoxy) is 2. The minimum absolute atomic E-state index is 0.00684. The Morgan fingerprint density at radius 3 is 2.38 bits per heavy atom. The summed E-state index contributed by atoms with van der Waals surface area (Å²) >= 11 is 0. The number of aliphatic hydroxyl groups excluding tert-OH is 1. The van der Waals surface area contributed by atoms with Gasteiger partial charge in [0.2, 0.25) is 0 Å². The van der Waals surface area contributed by atoms with Gasteiger partial charge in [-0.3, -0.25) is 0 Å². The second-order valence-corrected chi connectivity index (χ2v) is 3.62. The van der Waals surface area contributed by atoms with E-state index in [1.165, 1.54) is 0 Å². The molecule has 0 fully saturated rings. The summed E-state index contributed by atoms with van der Waals surface area (Å²) in [6, 6.07) is 5.55. The van der Waals surface area contributed by atoms with Gasteiger partial charge in [0.1, 0.15) is 11.5 Å². The van der Waals surface area contributed by atoms with Crippen LogP contribution in [0.5, 0.6) is 11.5 Å². The van der Waals surface area contributed by atoms with Crippen LogP contribution in [0.3, 0.4) is 0 Å². The fraction of sp³-hybridized carbons (Fsp3) is 0.538. The minimum atomic E-state index is -0.00684. The van der Waals surface area contributed by atoms with Crippen molar-refractivity contribution in [3.05, 3.63) is 23.8 Å². The highest BCUT2D eigenvalue weighted by molar-refractivity contribution is 5.40. The summed E-state index contributed by atoms with van der Waals surface area (Å²) in [4.78, 5) is 0. The molecule has 0 saturated heterocycles. The summed E-state index contributed by atoms with van der Waals surface area (Å²) in [5.74, 6) is 1.52. The topological polar surface area (TPSA) is 38.7 Å². The van der Waals surface area contributed by atoms with Gasteiger partial charge < -0.3 is 14.6 Å². The van der Waals surface area contributed by atoms with E-state index < -0.39 is 0 Å². The molecule has 0 spiro atoms. The quantitative estimate of drug-likeness (QED) is 0.774. The summed E-state index contributed by atoms with van der Waals surface area (Å²) in [6.45, 7) is 5.47. The predicted molar refractivity (Wildman–Crippen MR) is 63.9 cm³/mol. The van der Waals surface area contributed by atoms with Crippen LogP contribution in [0.4, 0.5) is 0 Å². The molecule has 3 nitrogen and oxygen atoms in total. The van der Waals surface area contributed by atoms with Crippen molar-refractivity contribution in [1.29, 1.82) is 0 Å². The lowest BCUT2D eigenvalue weighted by molar-refractivity contribution is 0.260. The maximum absolute atomic E-state index is 9.16. The number of hydrogen-bond acceptors (Lipinski definition) is 3. The lowest BCUT2D eigenvalue weighted by Crippen LogP contribution is -2.01. The number of hydrogen-bond donors (Lipinski definition) is 1. The zero-order valence-corrected chi connectivity index (χ0v) is 10.0. The average molecular weight is 224 g/mol. The molecule has 0 aliphatic rings. The van der Waals surface area contributed by atoms with Crippen molar-refractivity contribution in [3.63, 3.8) is 0 Å². The van der Waals surface area contributed by atoms with Gasteiger partial charge >= 0.3 is 0 Å². The third-order valence-electron chi connectivity index (χ3n) is 2.14.